The van der Waals surface area contributed by atoms with Gasteiger partial charge in [0.15, 0.2) is 11.5 Å². The first-order valence-corrected chi connectivity index (χ1v) is 5.41. The number of pyridine rings is 1. The Hall–Kier alpha value is -1.56. The van der Waals surface area contributed by atoms with Crippen LogP contribution in [0.4, 0.5) is 0 Å². The third-order valence-corrected chi connectivity index (χ3v) is 2.56. The van der Waals surface area contributed by atoms with Gasteiger partial charge in [-0.25, -0.2) is 0 Å². The van der Waals surface area contributed by atoms with E-state index in [1.54, 1.807) is 32.4 Å². The highest BCUT2D eigenvalue weighted by Gasteiger charge is 2.09. The largest absolute Gasteiger partial charge is 0.448 e. The Morgan fingerprint density at radius 1 is 1.50 bits per heavy atom. The predicted molar refractivity (Wildman–Crippen MR) is 62.8 cm³/mol. The van der Waals surface area contributed by atoms with Crippen molar-refractivity contribution in [3.8, 4) is 11.5 Å². The Bertz CT molecular complexity index is 574. The van der Waals surface area contributed by atoms with Gasteiger partial charge < -0.3 is 9.30 Å². The van der Waals surface area contributed by atoms with E-state index in [-0.39, 0.29) is 11.3 Å². The van der Waals surface area contributed by atoms with Crippen LogP contribution in [0.3, 0.4) is 0 Å². The number of aromatic nitrogens is 3. The Balaban J connectivity index is 2.43. The third-order valence-electron chi connectivity index (χ3n) is 2.12. The van der Waals surface area contributed by atoms with E-state index in [2.05, 4.69) is 26.1 Å². The Morgan fingerprint density at radius 2 is 2.25 bits per heavy atom. The van der Waals surface area contributed by atoms with Crippen LogP contribution in [0.5, 0.6) is 11.5 Å². The van der Waals surface area contributed by atoms with Crippen LogP contribution in [0, 0.1) is 6.92 Å². The average molecular weight is 284 g/mol. The lowest BCUT2D eigenvalue weighted by molar-refractivity contribution is 0.466. The number of halogens is 1. The van der Waals surface area contributed by atoms with Gasteiger partial charge in [0.05, 0.1) is 6.20 Å². The van der Waals surface area contributed by atoms with Crippen LogP contribution in [0.1, 0.15) is 5.69 Å². The quantitative estimate of drug-likeness (QED) is 0.917. The summed E-state index contributed by atoms with van der Waals surface area (Å²) >= 11 is 3.31. The molecule has 84 valence electrons. The molecule has 5 nitrogen and oxygen atoms in total. The van der Waals surface area contributed by atoms with Crippen molar-refractivity contribution in [2.24, 2.45) is 7.05 Å². The van der Waals surface area contributed by atoms with E-state index >= 15 is 0 Å². The molecule has 0 saturated carbocycles. The van der Waals surface area contributed by atoms with Crippen LogP contribution in [-0.2, 0) is 7.05 Å². The van der Waals surface area contributed by atoms with Crippen molar-refractivity contribution in [1.82, 2.24) is 14.8 Å². The number of nitrogens with one attached hydrogen (secondary N) is 1. The molecule has 0 fully saturated rings. The average Bonchev–Trinajstić information content (AvgIpc) is 2.60. The zero-order valence-corrected chi connectivity index (χ0v) is 10.4. The molecule has 6 heteroatoms. The van der Waals surface area contributed by atoms with Gasteiger partial charge in [0.25, 0.3) is 5.56 Å². The second kappa shape index (κ2) is 4.13. The fourth-order valence-electron chi connectivity index (χ4n) is 1.28. The van der Waals surface area contributed by atoms with Gasteiger partial charge in [0.1, 0.15) is 5.69 Å². The van der Waals surface area contributed by atoms with Crippen LogP contribution in [0.25, 0.3) is 0 Å². The fraction of sp³-hybridized carbons (Fsp3) is 0.200. The standard InChI is InChI=1S/C10H10BrN3O2/c1-6-9(4-12-13-6)16-8-3-7(11)5-14(2)10(8)15/h3-5H,1-2H3,(H,12,13). The van der Waals surface area contributed by atoms with Crippen molar-refractivity contribution in [2.75, 3.05) is 0 Å². The van der Waals surface area contributed by atoms with E-state index in [1.807, 2.05) is 0 Å². The lowest BCUT2D eigenvalue weighted by atomic mass is 10.4. The van der Waals surface area contributed by atoms with E-state index in [9.17, 15) is 4.79 Å². The predicted octanol–water partition coefficient (Wildman–Crippen LogP) is 1.97. The number of aryl methyl sites for hydroxylation is 2. The summed E-state index contributed by atoms with van der Waals surface area (Å²) in [4.78, 5) is 11.7. The van der Waals surface area contributed by atoms with Crippen molar-refractivity contribution in [1.29, 1.82) is 0 Å². The molecular weight excluding hydrogens is 274 g/mol. The minimum Gasteiger partial charge on any atom is -0.448 e. The van der Waals surface area contributed by atoms with Crippen LogP contribution in [0.15, 0.2) is 27.7 Å². The van der Waals surface area contributed by atoms with Crippen molar-refractivity contribution in [3.05, 3.63) is 39.0 Å². The van der Waals surface area contributed by atoms with Crippen LogP contribution >= 0.6 is 15.9 Å². The van der Waals surface area contributed by atoms with Gasteiger partial charge in [0.2, 0.25) is 0 Å². The third kappa shape index (κ3) is 2.01. The normalized spacial score (nSPS) is 10.4. The molecule has 2 rings (SSSR count). The highest BCUT2D eigenvalue weighted by molar-refractivity contribution is 9.10. The first-order chi connectivity index (χ1) is 7.58. The van der Waals surface area contributed by atoms with E-state index in [0.29, 0.717) is 11.4 Å². The Morgan fingerprint density at radius 3 is 2.88 bits per heavy atom. The minimum absolute atomic E-state index is 0.191. The number of nitrogens with zero attached hydrogens (tertiary/aromatic N) is 2. The van der Waals surface area contributed by atoms with Crippen LogP contribution in [0.2, 0.25) is 0 Å². The number of H-pyrrole nitrogens is 1. The van der Waals surface area contributed by atoms with Crippen LogP contribution in [-0.4, -0.2) is 14.8 Å². The summed E-state index contributed by atoms with van der Waals surface area (Å²) in [5, 5.41) is 6.59. The van der Waals surface area contributed by atoms with Crippen molar-refractivity contribution in [2.45, 2.75) is 6.92 Å². The van der Waals surface area contributed by atoms with E-state index in [1.165, 1.54) is 4.57 Å². The molecule has 2 aromatic heterocycles. The highest BCUT2D eigenvalue weighted by atomic mass is 79.9. The maximum absolute atomic E-state index is 11.7. The monoisotopic (exact) mass is 283 g/mol. The molecule has 0 aromatic carbocycles. The first kappa shape index (κ1) is 10.9. The maximum atomic E-state index is 11.7. The van der Waals surface area contributed by atoms with Crippen molar-refractivity contribution >= 4 is 15.9 Å². The SMILES string of the molecule is Cc1n[nH]cc1Oc1cc(Br)cn(C)c1=O. The Labute approximate surface area is 100 Å². The van der Waals surface area contributed by atoms with Crippen molar-refractivity contribution < 1.29 is 4.74 Å². The van der Waals surface area contributed by atoms with Gasteiger partial charge in [-0.1, -0.05) is 0 Å². The molecule has 0 spiro atoms. The number of hydrogen-bond donors (Lipinski definition) is 1. The lowest BCUT2D eigenvalue weighted by Crippen LogP contribution is -2.17. The van der Waals surface area contributed by atoms with Gasteiger partial charge in [0, 0.05) is 23.8 Å². The molecule has 2 aromatic rings. The van der Waals surface area contributed by atoms with E-state index in [0.717, 1.165) is 4.47 Å². The summed E-state index contributed by atoms with van der Waals surface area (Å²) in [6.07, 6.45) is 3.28. The van der Waals surface area contributed by atoms with Gasteiger partial charge >= 0.3 is 0 Å². The fourth-order valence-corrected chi connectivity index (χ4v) is 1.80. The molecule has 0 radical (unpaired) electrons. The molecule has 0 aliphatic rings. The minimum atomic E-state index is -0.191. The maximum Gasteiger partial charge on any atom is 0.293 e. The summed E-state index contributed by atoms with van der Waals surface area (Å²) in [6, 6.07) is 1.63. The number of rotatable bonds is 2. The zero-order valence-electron chi connectivity index (χ0n) is 8.82. The second-order valence-electron chi connectivity index (χ2n) is 3.38. The topological polar surface area (TPSA) is 59.9 Å². The van der Waals surface area contributed by atoms with Crippen LogP contribution < -0.4 is 10.3 Å². The lowest BCUT2D eigenvalue weighted by Gasteiger charge is -2.05. The molecule has 0 aliphatic heterocycles. The molecule has 0 atom stereocenters. The van der Waals surface area contributed by atoms with Gasteiger partial charge in [-0.3, -0.25) is 9.89 Å². The van der Waals surface area contributed by atoms with Gasteiger partial charge in [-0.15, -0.1) is 0 Å². The number of ether oxygens (including phenoxy) is 1. The molecule has 2 heterocycles. The number of aromatic amines is 1. The molecule has 0 saturated heterocycles. The van der Waals surface area contributed by atoms with E-state index in [4.69, 9.17) is 4.74 Å². The molecule has 0 aliphatic carbocycles. The molecule has 16 heavy (non-hydrogen) atoms. The summed E-state index contributed by atoms with van der Waals surface area (Å²) in [7, 11) is 1.67. The summed E-state index contributed by atoms with van der Waals surface area (Å²) in [5.74, 6) is 0.816. The molecule has 0 bridgehead atoms. The summed E-state index contributed by atoms with van der Waals surface area (Å²) in [6.45, 7) is 1.80. The molecular formula is C10H10BrN3O2. The van der Waals surface area contributed by atoms with Crippen molar-refractivity contribution in [3.63, 3.8) is 0 Å². The van der Waals surface area contributed by atoms with Gasteiger partial charge in [-0.05, 0) is 22.9 Å². The van der Waals surface area contributed by atoms with E-state index < -0.39 is 0 Å². The first-order valence-electron chi connectivity index (χ1n) is 4.62. The number of hydrogen-bond acceptors (Lipinski definition) is 3. The second-order valence-corrected chi connectivity index (χ2v) is 4.29. The zero-order chi connectivity index (χ0) is 11.7. The van der Waals surface area contributed by atoms with Gasteiger partial charge in [-0.2, -0.15) is 5.10 Å². The highest BCUT2D eigenvalue weighted by Crippen LogP contribution is 2.22. The smallest absolute Gasteiger partial charge is 0.293 e. The molecule has 0 unspecified atom stereocenters. The summed E-state index contributed by atoms with van der Waals surface area (Å²) < 4.78 is 7.72. The molecule has 0 amide bonds. The molecule has 1 N–H and O–H groups in total. The Kier molecular flexibility index (Phi) is 2.82. The summed E-state index contributed by atoms with van der Waals surface area (Å²) in [5.41, 5.74) is 0.519.